The first-order chi connectivity index (χ1) is 14.9. The lowest BCUT2D eigenvalue weighted by Crippen LogP contribution is -2.13. The van der Waals surface area contributed by atoms with Crippen LogP contribution in [-0.4, -0.2) is 29.7 Å². The first-order valence-corrected chi connectivity index (χ1v) is 10.8. The van der Waals surface area contributed by atoms with E-state index in [9.17, 15) is 8.42 Å². The van der Waals surface area contributed by atoms with Gasteiger partial charge in [0.25, 0.3) is 10.0 Å². The summed E-state index contributed by atoms with van der Waals surface area (Å²) in [6, 6.07) is 16.8. The minimum atomic E-state index is -3.75. The smallest absolute Gasteiger partial charge is 0.261 e. The molecule has 31 heavy (non-hydrogen) atoms. The summed E-state index contributed by atoms with van der Waals surface area (Å²) in [7, 11) is 0.914. The topological polar surface area (TPSA) is 99.9 Å². The molecule has 162 valence electrons. The Kier molecular flexibility index (Phi) is 6.71. The third-order valence-electron chi connectivity index (χ3n) is 4.46. The van der Waals surface area contributed by atoms with Gasteiger partial charge in [0.05, 0.1) is 26.2 Å². The molecule has 0 radical (unpaired) electrons. The largest absolute Gasteiger partial charge is 0.493 e. The van der Waals surface area contributed by atoms with Crippen LogP contribution in [0, 0.1) is 0 Å². The fourth-order valence-corrected chi connectivity index (χ4v) is 4.10. The van der Waals surface area contributed by atoms with Gasteiger partial charge in [0.1, 0.15) is 0 Å². The summed E-state index contributed by atoms with van der Waals surface area (Å²) >= 11 is 0. The molecular weight excluding hydrogens is 416 g/mol. The normalized spacial score (nSPS) is 11.3. The maximum atomic E-state index is 12.6. The molecule has 0 bridgehead atoms. The third kappa shape index (κ3) is 5.29. The van der Waals surface area contributed by atoms with Crippen LogP contribution in [0.5, 0.6) is 17.2 Å². The van der Waals surface area contributed by atoms with E-state index in [2.05, 4.69) is 4.72 Å². The van der Waals surface area contributed by atoms with Gasteiger partial charge in [-0.25, -0.2) is 8.42 Å². The summed E-state index contributed by atoms with van der Waals surface area (Å²) in [4.78, 5) is 0.103. The minimum absolute atomic E-state index is 0.103. The van der Waals surface area contributed by atoms with Gasteiger partial charge in [-0.05, 0) is 53.6 Å². The van der Waals surface area contributed by atoms with Crippen LogP contribution >= 0.6 is 0 Å². The lowest BCUT2D eigenvalue weighted by Gasteiger charge is -2.13. The Morgan fingerprint density at radius 3 is 2.06 bits per heavy atom. The summed E-state index contributed by atoms with van der Waals surface area (Å²) in [6.07, 6.45) is 3.73. The van der Waals surface area contributed by atoms with Crippen LogP contribution in [0.4, 0.5) is 11.4 Å². The van der Waals surface area contributed by atoms with Crippen molar-refractivity contribution in [1.82, 2.24) is 0 Å². The molecule has 7 nitrogen and oxygen atoms in total. The monoisotopic (exact) mass is 440 g/mol. The van der Waals surface area contributed by atoms with Crippen molar-refractivity contribution in [1.29, 1.82) is 0 Å². The number of hydrogen-bond acceptors (Lipinski definition) is 6. The van der Waals surface area contributed by atoms with E-state index < -0.39 is 10.0 Å². The van der Waals surface area contributed by atoms with E-state index in [1.165, 1.54) is 12.1 Å². The Labute approximate surface area is 182 Å². The van der Waals surface area contributed by atoms with Crippen molar-refractivity contribution in [2.24, 2.45) is 0 Å². The van der Waals surface area contributed by atoms with Crippen molar-refractivity contribution in [2.45, 2.75) is 4.90 Å². The van der Waals surface area contributed by atoms with E-state index in [0.29, 0.717) is 28.6 Å². The van der Waals surface area contributed by atoms with Crippen LogP contribution in [0.25, 0.3) is 12.2 Å². The van der Waals surface area contributed by atoms with Crippen molar-refractivity contribution in [3.63, 3.8) is 0 Å². The van der Waals surface area contributed by atoms with Gasteiger partial charge in [0, 0.05) is 11.4 Å². The molecule has 0 atom stereocenters. The van der Waals surface area contributed by atoms with E-state index >= 15 is 0 Å². The number of methoxy groups -OCH3 is 3. The van der Waals surface area contributed by atoms with Gasteiger partial charge in [-0.1, -0.05) is 30.4 Å². The molecule has 8 heteroatoms. The zero-order valence-corrected chi connectivity index (χ0v) is 18.3. The van der Waals surface area contributed by atoms with E-state index in [4.69, 9.17) is 19.9 Å². The number of nitrogens with two attached hydrogens (primary N) is 1. The van der Waals surface area contributed by atoms with Crippen molar-refractivity contribution in [3.8, 4) is 17.2 Å². The highest BCUT2D eigenvalue weighted by Crippen LogP contribution is 2.38. The van der Waals surface area contributed by atoms with Gasteiger partial charge in [-0.2, -0.15) is 0 Å². The maximum Gasteiger partial charge on any atom is 0.261 e. The number of ether oxygens (including phenoxy) is 3. The van der Waals surface area contributed by atoms with Crippen LogP contribution < -0.4 is 24.7 Å². The van der Waals surface area contributed by atoms with Gasteiger partial charge >= 0.3 is 0 Å². The summed E-state index contributed by atoms with van der Waals surface area (Å²) in [5.74, 6) is 1.61. The number of sulfonamides is 1. The molecule has 3 rings (SSSR count). The predicted octanol–water partition coefficient (Wildman–Crippen LogP) is 4.27. The Morgan fingerprint density at radius 1 is 0.806 bits per heavy atom. The number of rotatable bonds is 8. The average molecular weight is 441 g/mol. The average Bonchev–Trinajstić information content (AvgIpc) is 2.76. The highest BCUT2D eigenvalue weighted by Gasteiger charge is 2.14. The minimum Gasteiger partial charge on any atom is -0.493 e. The SMILES string of the molecule is COc1cc(/C=C\c2cccc(NS(=O)(=O)c3cccc(N)c3)c2)cc(OC)c1OC. The Balaban J connectivity index is 1.85. The molecule has 0 saturated heterocycles. The summed E-state index contributed by atoms with van der Waals surface area (Å²) in [5, 5.41) is 0. The second-order valence-electron chi connectivity index (χ2n) is 6.60. The molecule has 0 aromatic heterocycles. The number of nitrogen functional groups attached to an aromatic ring is 1. The highest BCUT2D eigenvalue weighted by atomic mass is 32.2. The second-order valence-corrected chi connectivity index (χ2v) is 8.28. The van der Waals surface area contributed by atoms with Crippen LogP contribution in [0.3, 0.4) is 0 Å². The van der Waals surface area contributed by atoms with Crippen LogP contribution in [0.1, 0.15) is 11.1 Å². The highest BCUT2D eigenvalue weighted by molar-refractivity contribution is 7.92. The molecule has 3 N–H and O–H groups in total. The van der Waals surface area contributed by atoms with Gasteiger partial charge in [-0.15, -0.1) is 0 Å². The van der Waals surface area contributed by atoms with Crippen molar-refractivity contribution in [2.75, 3.05) is 31.8 Å². The fourth-order valence-electron chi connectivity index (χ4n) is 2.99. The molecule has 3 aromatic rings. The zero-order chi connectivity index (χ0) is 22.4. The second kappa shape index (κ2) is 9.44. The molecule has 0 amide bonds. The molecule has 0 aliphatic carbocycles. The van der Waals surface area contributed by atoms with E-state index in [1.807, 2.05) is 30.4 Å². The molecule has 0 unspecified atom stereocenters. The molecular formula is C23H24N2O5S. The van der Waals surface area contributed by atoms with E-state index in [-0.39, 0.29) is 4.90 Å². The van der Waals surface area contributed by atoms with Crippen LogP contribution in [-0.2, 0) is 10.0 Å². The number of anilines is 2. The van der Waals surface area contributed by atoms with Gasteiger partial charge < -0.3 is 19.9 Å². The summed E-state index contributed by atoms with van der Waals surface area (Å²) in [6.45, 7) is 0. The van der Waals surface area contributed by atoms with Gasteiger partial charge in [0.2, 0.25) is 5.75 Å². The van der Waals surface area contributed by atoms with Crippen LogP contribution in [0.15, 0.2) is 65.6 Å². The van der Waals surface area contributed by atoms with Crippen molar-refractivity contribution >= 4 is 33.6 Å². The van der Waals surface area contributed by atoms with Gasteiger partial charge in [-0.3, -0.25) is 4.72 Å². The maximum absolute atomic E-state index is 12.6. The predicted molar refractivity (Wildman–Crippen MR) is 123 cm³/mol. The quantitative estimate of drug-likeness (QED) is 0.401. The van der Waals surface area contributed by atoms with Gasteiger partial charge in [0.15, 0.2) is 11.5 Å². The molecule has 0 spiro atoms. The zero-order valence-electron chi connectivity index (χ0n) is 17.5. The first-order valence-electron chi connectivity index (χ1n) is 9.33. The molecule has 0 heterocycles. The Bertz CT molecular complexity index is 1180. The van der Waals surface area contributed by atoms with E-state index in [0.717, 1.165) is 11.1 Å². The van der Waals surface area contributed by atoms with Crippen LogP contribution in [0.2, 0.25) is 0 Å². The molecule has 0 aliphatic rings. The molecule has 0 saturated carbocycles. The number of benzene rings is 3. The summed E-state index contributed by atoms with van der Waals surface area (Å²) < 4.78 is 43.9. The number of nitrogens with one attached hydrogen (secondary N) is 1. The first kappa shape index (κ1) is 22.0. The fraction of sp³-hybridized carbons (Fsp3) is 0.130. The van der Waals surface area contributed by atoms with Crippen molar-refractivity contribution in [3.05, 3.63) is 71.8 Å². The summed E-state index contributed by atoms with van der Waals surface area (Å²) in [5.41, 5.74) is 8.16. The lowest BCUT2D eigenvalue weighted by atomic mass is 10.1. The molecule has 0 fully saturated rings. The molecule has 0 aliphatic heterocycles. The standard InChI is InChI=1S/C23H24N2O5S/c1-28-21-13-17(14-22(29-2)23(21)30-3)11-10-16-6-4-8-19(12-16)25-31(26,27)20-9-5-7-18(24)15-20/h4-15,25H,24H2,1-3H3/b11-10-. The van der Waals surface area contributed by atoms with E-state index in [1.54, 1.807) is 51.7 Å². The Morgan fingerprint density at radius 2 is 1.45 bits per heavy atom. The Hall–Kier alpha value is -3.65. The third-order valence-corrected chi connectivity index (χ3v) is 5.84. The number of hydrogen-bond donors (Lipinski definition) is 2. The lowest BCUT2D eigenvalue weighted by molar-refractivity contribution is 0.324. The van der Waals surface area contributed by atoms with Crippen molar-refractivity contribution < 1.29 is 22.6 Å². The molecule has 3 aromatic carbocycles.